The van der Waals surface area contributed by atoms with Crippen LogP contribution in [0.3, 0.4) is 0 Å². The maximum Gasteiger partial charge on any atom is 0.254 e. The average molecular weight is 235 g/mol. The molecule has 0 saturated carbocycles. The number of hydrogen-bond acceptors (Lipinski definition) is 4. The zero-order valence-electron chi connectivity index (χ0n) is 8.29. The Morgan fingerprint density at radius 3 is 2.88 bits per heavy atom. The first-order valence-electron chi connectivity index (χ1n) is 4.63. The molecular formula is C11H9NO3S. The number of aromatic hydroxyl groups is 1. The van der Waals surface area contributed by atoms with Gasteiger partial charge in [-0.1, -0.05) is 6.07 Å². The number of Topliss-reactive ketones (excluding diaryl/α,β-unsaturated/α-hetero) is 1. The first-order valence-corrected chi connectivity index (χ1v) is 5.51. The highest BCUT2D eigenvalue weighted by Crippen LogP contribution is 2.10. The molecule has 16 heavy (non-hydrogen) atoms. The Labute approximate surface area is 95.4 Å². The third kappa shape index (κ3) is 2.20. The van der Waals surface area contributed by atoms with E-state index >= 15 is 0 Å². The zero-order chi connectivity index (χ0) is 11.5. The van der Waals surface area contributed by atoms with E-state index in [1.807, 2.05) is 5.38 Å². The largest absolute Gasteiger partial charge is 0.508 e. The van der Waals surface area contributed by atoms with Crippen molar-refractivity contribution in [2.75, 3.05) is 0 Å². The Balaban J connectivity index is 2.22. The van der Waals surface area contributed by atoms with Gasteiger partial charge in [-0.3, -0.25) is 9.59 Å². The van der Waals surface area contributed by atoms with Crippen molar-refractivity contribution >= 4 is 17.1 Å². The Hall–Kier alpha value is -1.88. The number of nitrogens with zero attached hydrogens (tertiary/aromatic N) is 1. The fourth-order valence-corrected chi connectivity index (χ4v) is 1.95. The number of pyridine rings is 1. The number of carbonyl (C=O) groups excluding carboxylic acids is 1. The van der Waals surface area contributed by atoms with Crippen LogP contribution in [0.15, 0.2) is 40.6 Å². The molecule has 0 aliphatic rings. The minimum absolute atomic E-state index is 0.000370. The molecule has 0 unspecified atom stereocenters. The predicted molar refractivity (Wildman–Crippen MR) is 61.0 cm³/mol. The van der Waals surface area contributed by atoms with E-state index < -0.39 is 0 Å². The summed E-state index contributed by atoms with van der Waals surface area (Å²) >= 11 is 1.34. The minimum atomic E-state index is -0.384. The molecule has 0 radical (unpaired) electrons. The molecule has 0 fully saturated rings. The highest BCUT2D eigenvalue weighted by molar-refractivity contribution is 7.12. The van der Waals surface area contributed by atoms with Crippen LogP contribution in [0.2, 0.25) is 0 Å². The second kappa shape index (κ2) is 4.32. The van der Waals surface area contributed by atoms with Crippen molar-refractivity contribution in [1.82, 2.24) is 4.57 Å². The molecule has 2 heterocycles. The van der Waals surface area contributed by atoms with Crippen molar-refractivity contribution < 1.29 is 9.90 Å². The van der Waals surface area contributed by atoms with Gasteiger partial charge < -0.3 is 9.67 Å². The average Bonchev–Trinajstić information content (AvgIpc) is 2.75. The van der Waals surface area contributed by atoms with Gasteiger partial charge >= 0.3 is 0 Å². The SMILES string of the molecule is O=C(Cn1ccc(O)cc1=O)c1cccs1. The van der Waals surface area contributed by atoms with Gasteiger partial charge in [0.25, 0.3) is 5.56 Å². The fourth-order valence-electron chi connectivity index (χ4n) is 1.30. The van der Waals surface area contributed by atoms with Crippen molar-refractivity contribution in [1.29, 1.82) is 0 Å². The zero-order valence-corrected chi connectivity index (χ0v) is 9.11. The van der Waals surface area contributed by atoms with E-state index in [0.29, 0.717) is 4.88 Å². The van der Waals surface area contributed by atoms with Crippen molar-refractivity contribution in [2.24, 2.45) is 0 Å². The van der Waals surface area contributed by atoms with Crippen LogP contribution in [0.1, 0.15) is 9.67 Å². The predicted octanol–water partition coefficient (Wildman–Crippen LogP) is 1.50. The lowest BCUT2D eigenvalue weighted by atomic mass is 10.3. The van der Waals surface area contributed by atoms with E-state index in [1.54, 1.807) is 12.1 Å². The second-order valence-corrected chi connectivity index (χ2v) is 4.20. The molecule has 0 spiro atoms. The molecular weight excluding hydrogens is 226 g/mol. The number of thiophene rings is 1. The van der Waals surface area contributed by atoms with Crippen LogP contribution in [-0.2, 0) is 6.54 Å². The van der Waals surface area contributed by atoms with Crippen molar-refractivity contribution in [2.45, 2.75) is 6.54 Å². The molecule has 2 rings (SSSR count). The van der Waals surface area contributed by atoms with Gasteiger partial charge in [0.1, 0.15) is 5.75 Å². The minimum Gasteiger partial charge on any atom is -0.508 e. The topological polar surface area (TPSA) is 59.3 Å². The lowest BCUT2D eigenvalue weighted by Gasteiger charge is -2.03. The normalized spacial score (nSPS) is 10.2. The van der Waals surface area contributed by atoms with Crippen molar-refractivity contribution in [3.05, 3.63) is 51.1 Å². The second-order valence-electron chi connectivity index (χ2n) is 3.25. The highest BCUT2D eigenvalue weighted by atomic mass is 32.1. The Morgan fingerprint density at radius 2 is 2.25 bits per heavy atom. The molecule has 82 valence electrons. The quantitative estimate of drug-likeness (QED) is 0.820. The summed E-state index contributed by atoms with van der Waals surface area (Å²) in [5.41, 5.74) is -0.384. The molecule has 0 aliphatic carbocycles. The van der Waals surface area contributed by atoms with E-state index in [-0.39, 0.29) is 23.6 Å². The van der Waals surface area contributed by atoms with E-state index in [9.17, 15) is 9.59 Å². The van der Waals surface area contributed by atoms with Gasteiger partial charge in [-0.25, -0.2) is 0 Å². The number of ketones is 1. The van der Waals surface area contributed by atoms with Gasteiger partial charge in [0.15, 0.2) is 5.78 Å². The summed E-state index contributed by atoms with van der Waals surface area (Å²) in [5, 5.41) is 10.9. The summed E-state index contributed by atoms with van der Waals surface area (Å²) in [6.07, 6.45) is 1.41. The number of rotatable bonds is 3. The summed E-state index contributed by atoms with van der Waals surface area (Å²) in [6, 6.07) is 5.97. The Bertz CT molecular complexity index is 557. The monoisotopic (exact) mass is 235 g/mol. The molecule has 0 saturated heterocycles. The van der Waals surface area contributed by atoms with Gasteiger partial charge in [0.2, 0.25) is 0 Å². The van der Waals surface area contributed by atoms with Crippen molar-refractivity contribution in [3.8, 4) is 5.75 Å². The Kier molecular flexibility index (Phi) is 2.87. The number of aromatic nitrogens is 1. The highest BCUT2D eigenvalue weighted by Gasteiger charge is 2.08. The smallest absolute Gasteiger partial charge is 0.254 e. The summed E-state index contributed by atoms with van der Waals surface area (Å²) < 4.78 is 1.27. The van der Waals surface area contributed by atoms with Crippen LogP contribution in [0.4, 0.5) is 0 Å². The number of carbonyl (C=O) groups is 1. The lowest BCUT2D eigenvalue weighted by Crippen LogP contribution is -2.22. The number of hydrogen-bond donors (Lipinski definition) is 1. The molecule has 1 N–H and O–H groups in total. The molecule has 4 nitrogen and oxygen atoms in total. The summed E-state index contributed by atoms with van der Waals surface area (Å²) in [4.78, 5) is 23.7. The van der Waals surface area contributed by atoms with Crippen LogP contribution in [0.25, 0.3) is 0 Å². The molecule has 2 aromatic rings. The van der Waals surface area contributed by atoms with Gasteiger partial charge in [-0.15, -0.1) is 11.3 Å². The van der Waals surface area contributed by atoms with E-state index in [4.69, 9.17) is 5.11 Å². The third-order valence-corrected chi connectivity index (χ3v) is 3.00. The van der Waals surface area contributed by atoms with Crippen LogP contribution >= 0.6 is 11.3 Å². The first kappa shape index (κ1) is 10.6. The summed E-state index contributed by atoms with van der Waals surface area (Å²) in [6.45, 7) is -0.000370. The molecule has 0 aliphatic heterocycles. The van der Waals surface area contributed by atoms with Crippen LogP contribution in [-0.4, -0.2) is 15.5 Å². The fraction of sp³-hybridized carbons (Fsp3) is 0.0909. The molecule has 0 atom stereocenters. The lowest BCUT2D eigenvalue weighted by molar-refractivity contribution is 0.0974. The Morgan fingerprint density at radius 1 is 1.44 bits per heavy atom. The molecule has 5 heteroatoms. The van der Waals surface area contributed by atoms with Crippen LogP contribution < -0.4 is 5.56 Å². The van der Waals surface area contributed by atoms with Crippen molar-refractivity contribution in [3.63, 3.8) is 0 Å². The third-order valence-electron chi connectivity index (χ3n) is 2.09. The maximum atomic E-state index is 11.7. The summed E-state index contributed by atoms with van der Waals surface area (Å²) in [7, 11) is 0. The molecule has 0 amide bonds. The van der Waals surface area contributed by atoms with Gasteiger partial charge in [-0.2, -0.15) is 0 Å². The molecule has 0 bridgehead atoms. The van der Waals surface area contributed by atoms with Gasteiger partial charge in [0, 0.05) is 12.3 Å². The van der Waals surface area contributed by atoms with Gasteiger partial charge in [0.05, 0.1) is 11.4 Å². The van der Waals surface area contributed by atoms with E-state index in [2.05, 4.69) is 0 Å². The standard InChI is InChI=1S/C11H9NO3S/c13-8-3-4-12(11(15)6-8)7-9(14)10-2-1-5-16-10/h1-6,13H,7H2. The van der Waals surface area contributed by atoms with Gasteiger partial charge in [-0.05, 0) is 17.5 Å². The molecule has 2 aromatic heterocycles. The molecule has 0 aromatic carbocycles. The van der Waals surface area contributed by atoms with E-state index in [0.717, 1.165) is 6.07 Å². The first-order chi connectivity index (χ1) is 7.66. The van der Waals surface area contributed by atoms with Crippen LogP contribution in [0.5, 0.6) is 5.75 Å². The van der Waals surface area contributed by atoms with E-state index in [1.165, 1.54) is 28.2 Å². The van der Waals surface area contributed by atoms with Crippen LogP contribution in [0, 0.1) is 0 Å². The summed E-state index contributed by atoms with van der Waals surface area (Å²) in [5.74, 6) is -0.201. The maximum absolute atomic E-state index is 11.7.